The Morgan fingerprint density at radius 3 is 1.05 bits per heavy atom. The number of carbonyl (C=O) groups is 3. The van der Waals surface area contributed by atoms with Gasteiger partial charge >= 0.3 is 17.9 Å². The fraction of sp³-hybridized carbons (Fsp3) is 0.558. The number of hydrogen-bond donors (Lipinski definition) is 0. The van der Waals surface area contributed by atoms with Crippen molar-refractivity contribution in [1.82, 2.24) is 0 Å². The van der Waals surface area contributed by atoms with Crippen LogP contribution in [0.4, 0.5) is 0 Å². The Bertz CT molecular complexity index is 1290. The smallest absolute Gasteiger partial charge is 0.306 e. The van der Waals surface area contributed by atoms with Gasteiger partial charge in [0.05, 0.1) is 0 Å². The number of esters is 3. The molecule has 0 aliphatic heterocycles. The van der Waals surface area contributed by atoms with Gasteiger partial charge in [-0.3, -0.25) is 14.4 Å². The lowest BCUT2D eigenvalue weighted by atomic mass is 10.1. The van der Waals surface area contributed by atoms with Gasteiger partial charge in [0.15, 0.2) is 6.10 Å². The summed E-state index contributed by atoms with van der Waals surface area (Å²) >= 11 is 0. The van der Waals surface area contributed by atoms with Gasteiger partial charge in [-0.05, 0) is 83.5 Å². The van der Waals surface area contributed by atoms with E-state index >= 15 is 0 Å². The Balaban J connectivity index is 4.57. The highest BCUT2D eigenvalue weighted by Crippen LogP contribution is 2.11. The molecule has 0 aromatic carbocycles. The number of rotatable bonds is 38. The molecular formula is C52H80O6. The standard InChI is InChI=1S/C52H80O6/c1-4-7-10-13-16-19-21-23-24-25-26-27-28-30-31-33-36-39-42-45-51(54)57-48-49(47-56-50(53)44-41-38-35-18-15-12-9-6-3)58-52(55)46-43-40-37-34-32-29-22-20-17-14-11-8-5-2/h7-8,10-11,16-17,19-20,23-24,26-27,29-32,36-37,39-40,49H,4-6,9,12-15,18,21-22,25,28,33-35,38,41-48H2,1-3H3/b10-7-,11-8-,19-16-,20-17-,24-23-,27-26-,31-30-,32-29-,39-36-,40-37-. The van der Waals surface area contributed by atoms with Gasteiger partial charge in [0.25, 0.3) is 0 Å². The highest BCUT2D eigenvalue weighted by atomic mass is 16.6. The average Bonchev–Trinajstić information content (AvgIpc) is 3.22. The van der Waals surface area contributed by atoms with E-state index in [0.717, 1.165) is 83.5 Å². The Kier molecular flexibility index (Phi) is 42.2. The first kappa shape index (κ1) is 53.8. The zero-order chi connectivity index (χ0) is 42.3. The quantitative estimate of drug-likeness (QED) is 0.0268. The molecule has 0 radical (unpaired) electrons. The fourth-order valence-electron chi connectivity index (χ4n) is 5.42. The average molecular weight is 801 g/mol. The molecular weight excluding hydrogens is 721 g/mol. The zero-order valence-corrected chi connectivity index (χ0v) is 36.8. The summed E-state index contributed by atoms with van der Waals surface area (Å²) in [7, 11) is 0. The van der Waals surface area contributed by atoms with E-state index in [9.17, 15) is 14.4 Å². The summed E-state index contributed by atoms with van der Waals surface area (Å²) in [4.78, 5) is 37.6. The maximum absolute atomic E-state index is 12.7. The van der Waals surface area contributed by atoms with Crippen LogP contribution in [0.3, 0.4) is 0 Å². The lowest BCUT2D eigenvalue weighted by Gasteiger charge is -2.18. The number of carbonyl (C=O) groups excluding carboxylic acids is 3. The van der Waals surface area contributed by atoms with Crippen LogP contribution in [0.5, 0.6) is 0 Å². The summed E-state index contributed by atoms with van der Waals surface area (Å²) < 4.78 is 16.5. The molecule has 0 heterocycles. The number of ether oxygens (including phenoxy) is 3. The second-order valence-corrected chi connectivity index (χ2v) is 14.2. The van der Waals surface area contributed by atoms with Gasteiger partial charge in [-0.1, -0.05) is 187 Å². The fourth-order valence-corrected chi connectivity index (χ4v) is 5.42. The van der Waals surface area contributed by atoms with Crippen molar-refractivity contribution in [2.45, 2.75) is 175 Å². The van der Waals surface area contributed by atoms with Crippen molar-refractivity contribution < 1.29 is 28.6 Å². The largest absolute Gasteiger partial charge is 0.462 e. The molecule has 0 aromatic rings. The first-order valence-electron chi connectivity index (χ1n) is 22.5. The maximum Gasteiger partial charge on any atom is 0.306 e. The monoisotopic (exact) mass is 801 g/mol. The highest BCUT2D eigenvalue weighted by molar-refractivity contribution is 5.71. The van der Waals surface area contributed by atoms with Crippen LogP contribution in [-0.2, 0) is 28.6 Å². The zero-order valence-electron chi connectivity index (χ0n) is 36.8. The van der Waals surface area contributed by atoms with E-state index in [0.29, 0.717) is 19.3 Å². The van der Waals surface area contributed by atoms with Crippen LogP contribution in [0.25, 0.3) is 0 Å². The van der Waals surface area contributed by atoms with Gasteiger partial charge in [0.1, 0.15) is 13.2 Å². The molecule has 1 atom stereocenters. The summed E-state index contributed by atoms with van der Waals surface area (Å²) in [5.41, 5.74) is 0. The summed E-state index contributed by atoms with van der Waals surface area (Å²) in [6, 6.07) is 0. The Labute approximate surface area is 354 Å². The molecule has 0 aliphatic carbocycles. The topological polar surface area (TPSA) is 78.9 Å². The molecule has 58 heavy (non-hydrogen) atoms. The molecule has 0 saturated carbocycles. The minimum absolute atomic E-state index is 0.133. The lowest BCUT2D eigenvalue weighted by Crippen LogP contribution is -2.30. The highest BCUT2D eigenvalue weighted by Gasteiger charge is 2.19. The SMILES string of the molecule is CC/C=C\C/C=C\C/C=C\C/C=C\C/C=C\C/C=C\CCC(=O)OCC(COC(=O)CCCCCCCCCC)OC(=O)CC/C=C\C/C=C\C/C=C\C/C=C\CC. The molecule has 0 N–H and O–H groups in total. The predicted molar refractivity (Wildman–Crippen MR) is 246 cm³/mol. The third kappa shape index (κ3) is 42.9. The molecule has 0 amide bonds. The van der Waals surface area contributed by atoms with Crippen molar-refractivity contribution >= 4 is 17.9 Å². The van der Waals surface area contributed by atoms with Crippen LogP contribution in [0, 0.1) is 0 Å². The van der Waals surface area contributed by atoms with Gasteiger partial charge in [0, 0.05) is 19.3 Å². The third-order valence-electron chi connectivity index (χ3n) is 8.74. The van der Waals surface area contributed by atoms with Gasteiger partial charge < -0.3 is 14.2 Å². The summed E-state index contributed by atoms with van der Waals surface area (Å²) in [6.45, 7) is 6.21. The van der Waals surface area contributed by atoms with Gasteiger partial charge in [-0.25, -0.2) is 0 Å². The summed E-state index contributed by atoms with van der Waals surface area (Å²) in [6.07, 6.45) is 62.2. The van der Waals surface area contributed by atoms with Crippen molar-refractivity contribution in [3.63, 3.8) is 0 Å². The van der Waals surface area contributed by atoms with E-state index in [1.54, 1.807) is 0 Å². The maximum atomic E-state index is 12.7. The van der Waals surface area contributed by atoms with Crippen LogP contribution in [0.15, 0.2) is 122 Å². The van der Waals surface area contributed by atoms with Crippen molar-refractivity contribution in [2.75, 3.05) is 13.2 Å². The van der Waals surface area contributed by atoms with Crippen LogP contribution >= 0.6 is 0 Å². The van der Waals surface area contributed by atoms with E-state index in [1.807, 2.05) is 24.3 Å². The molecule has 0 fully saturated rings. The molecule has 0 saturated heterocycles. The minimum Gasteiger partial charge on any atom is -0.462 e. The van der Waals surface area contributed by atoms with Gasteiger partial charge in [0.2, 0.25) is 0 Å². The van der Waals surface area contributed by atoms with Crippen molar-refractivity contribution in [3.05, 3.63) is 122 Å². The van der Waals surface area contributed by atoms with E-state index in [2.05, 4.69) is 118 Å². The summed E-state index contributed by atoms with van der Waals surface area (Å²) in [5.74, 6) is -1.12. The van der Waals surface area contributed by atoms with E-state index in [1.165, 1.54) is 32.1 Å². The number of allylic oxidation sites excluding steroid dienone is 20. The van der Waals surface area contributed by atoms with Crippen LogP contribution < -0.4 is 0 Å². The second-order valence-electron chi connectivity index (χ2n) is 14.2. The minimum atomic E-state index is -0.845. The molecule has 0 spiro atoms. The lowest BCUT2D eigenvalue weighted by molar-refractivity contribution is -0.166. The Morgan fingerprint density at radius 2 is 0.672 bits per heavy atom. The molecule has 6 nitrogen and oxygen atoms in total. The molecule has 6 heteroatoms. The van der Waals surface area contributed by atoms with Crippen molar-refractivity contribution in [3.8, 4) is 0 Å². The molecule has 0 aromatic heterocycles. The van der Waals surface area contributed by atoms with E-state index in [-0.39, 0.29) is 38.0 Å². The van der Waals surface area contributed by atoms with Crippen LogP contribution in [-0.4, -0.2) is 37.2 Å². The number of hydrogen-bond acceptors (Lipinski definition) is 6. The normalized spacial score (nSPS) is 13.2. The van der Waals surface area contributed by atoms with Crippen molar-refractivity contribution in [2.24, 2.45) is 0 Å². The van der Waals surface area contributed by atoms with Crippen LogP contribution in [0.2, 0.25) is 0 Å². The Morgan fingerprint density at radius 1 is 0.362 bits per heavy atom. The predicted octanol–water partition coefficient (Wildman–Crippen LogP) is 14.6. The number of unbranched alkanes of at least 4 members (excludes halogenated alkanes) is 7. The molecule has 0 aliphatic rings. The molecule has 0 bridgehead atoms. The first-order valence-corrected chi connectivity index (χ1v) is 22.5. The molecule has 1 unspecified atom stereocenters. The van der Waals surface area contributed by atoms with E-state index < -0.39 is 12.1 Å². The van der Waals surface area contributed by atoms with Gasteiger partial charge in [-0.15, -0.1) is 0 Å². The summed E-state index contributed by atoms with van der Waals surface area (Å²) in [5, 5.41) is 0. The van der Waals surface area contributed by atoms with E-state index in [4.69, 9.17) is 14.2 Å². The first-order chi connectivity index (χ1) is 28.5. The second kappa shape index (κ2) is 45.5. The van der Waals surface area contributed by atoms with Crippen LogP contribution in [0.1, 0.15) is 168 Å². The third-order valence-corrected chi connectivity index (χ3v) is 8.74. The molecule has 324 valence electrons. The Hall–Kier alpha value is -4.19. The molecule has 0 rings (SSSR count). The van der Waals surface area contributed by atoms with Crippen molar-refractivity contribution in [1.29, 1.82) is 0 Å². The van der Waals surface area contributed by atoms with Gasteiger partial charge in [-0.2, -0.15) is 0 Å².